The van der Waals surface area contributed by atoms with Crippen LogP contribution >= 0.6 is 23.4 Å². The molecule has 2 aromatic rings. The molecule has 0 aliphatic heterocycles. The van der Waals surface area contributed by atoms with Crippen LogP contribution in [0.3, 0.4) is 0 Å². The van der Waals surface area contributed by atoms with Gasteiger partial charge in [-0.05, 0) is 26.0 Å². The van der Waals surface area contributed by atoms with Crippen LogP contribution in [0.2, 0.25) is 5.02 Å². The Morgan fingerprint density at radius 1 is 1.52 bits per heavy atom. The summed E-state index contributed by atoms with van der Waals surface area (Å²) >= 11 is 7.24. The maximum Gasteiger partial charge on any atom is 0.343 e. The topological polar surface area (TPSA) is 88.0 Å². The fraction of sp³-hybridized carbons (Fsp3) is 0.308. The van der Waals surface area contributed by atoms with Gasteiger partial charge in [-0.1, -0.05) is 23.4 Å². The average molecular weight is 328 g/mol. The average Bonchev–Trinajstić information content (AvgIpc) is 2.79. The molecule has 0 atom stereocenters. The molecule has 8 heteroatoms. The first-order valence-corrected chi connectivity index (χ1v) is 7.60. The van der Waals surface area contributed by atoms with Gasteiger partial charge in [-0.25, -0.2) is 9.89 Å². The van der Waals surface area contributed by atoms with Crippen LogP contribution in [-0.2, 0) is 12.3 Å². The molecule has 0 unspecified atom stereocenters. The van der Waals surface area contributed by atoms with E-state index in [-0.39, 0.29) is 22.8 Å². The molecule has 0 amide bonds. The van der Waals surface area contributed by atoms with Crippen LogP contribution in [-0.4, -0.2) is 25.7 Å². The predicted octanol–water partition coefficient (Wildman–Crippen LogP) is 2.45. The lowest BCUT2D eigenvalue weighted by atomic mass is 10.1. The summed E-state index contributed by atoms with van der Waals surface area (Å²) in [6.45, 7) is 3.70. The van der Waals surface area contributed by atoms with E-state index < -0.39 is 0 Å². The molecule has 1 aromatic carbocycles. The second-order valence-corrected chi connectivity index (χ2v) is 5.74. The van der Waals surface area contributed by atoms with Crippen molar-refractivity contribution in [1.82, 2.24) is 14.8 Å². The number of carbonyl (C=O) groups is 1. The zero-order valence-electron chi connectivity index (χ0n) is 11.5. The molecule has 0 radical (unpaired) electrons. The minimum absolute atomic E-state index is 0.0830. The first-order chi connectivity index (χ1) is 9.93. The van der Waals surface area contributed by atoms with Crippen molar-refractivity contribution in [2.24, 2.45) is 0 Å². The molecule has 0 bridgehead atoms. The number of aromatic nitrogens is 3. The lowest BCUT2D eigenvalue weighted by molar-refractivity contribution is 0.101. The Morgan fingerprint density at radius 2 is 2.24 bits per heavy atom. The second-order valence-electron chi connectivity index (χ2n) is 4.36. The predicted molar refractivity (Wildman–Crippen MR) is 81.2 cm³/mol. The van der Waals surface area contributed by atoms with Gasteiger partial charge in [0.15, 0.2) is 10.9 Å². The number of aromatic hydroxyl groups is 1. The van der Waals surface area contributed by atoms with Crippen molar-refractivity contribution in [2.75, 3.05) is 0 Å². The number of rotatable bonds is 5. The Kier molecular flexibility index (Phi) is 4.74. The van der Waals surface area contributed by atoms with Crippen molar-refractivity contribution in [3.8, 4) is 5.75 Å². The summed E-state index contributed by atoms with van der Waals surface area (Å²) in [4.78, 5) is 22.9. The fourth-order valence-corrected chi connectivity index (χ4v) is 3.09. The minimum atomic E-state index is -0.278. The number of halogens is 1. The van der Waals surface area contributed by atoms with Gasteiger partial charge in [-0.3, -0.25) is 9.36 Å². The Balaban J connectivity index is 2.28. The molecule has 2 N–H and O–H groups in total. The molecule has 2 rings (SSSR count). The fourth-order valence-electron chi connectivity index (χ4n) is 1.87. The van der Waals surface area contributed by atoms with E-state index in [0.29, 0.717) is 28.0 Å². The molecule has 1 aromatic heterocycles. The van der Waals surface area contributed by atoms with Crippen LogP contribution in [0.25, 0.3) is 0 Å². The monoisotopic (exact) mass is 327 g/mol. The van der Waals surface area contributed by atoms with E-state index in [2.05, 4.69) is 10.2 Å². The van der Waals surface area contributed by atoms with Gasteiger partial charge in [0.05, 0.1) is 5.56 Å². The number of thioether (sulfide) groups is 1. The van der Waals surface area contributed by atoms with Crippen LogP contribution in [0.1, 0.15) is 29.8 Å². The van der Waals surface area contributed by atoms with Crippen LogP contribution < -0.4 is 5.69 Å². The second kappa shape index (κ2) is 6.36. The van der Waals surface area contributed by atoms with Crippen molar-refractivity contribution >= 4 is 29.1 Å². The van der Waals surface area contributed by atoms with E-state index in [1.54, 1.807) is 6.07 Å². The molecule has 6 nitrogen and oxygen atoms in total. The summed E-state index contributed by atoms with van der Waals surface area (Å²) in [5.74, 6) is 0.00330. The van der Waals surface area contributed by atoms with E-state index >= 15 is 0 Å². The number of aromatic amines is 1. The third kappa shape index (κ3) is 3.30. The molecule has 0 aliphatic rings. The summed E-state index contributed by atoms with van der Waals surface area (Å²) in [6, 6.07) is 3.03. The van der Waals surface area contributed by atoms with Crippen LogP contribution in [0.15, 0.2) is 22.1 Å². The molecule has 0 aliphatic carbocycles. The first kappa shape index (κ1) is 15.7. The highest BCUT2D eigenvalue weighted by Crippen LogP contribution is 2.32. The highest BCUT2D eigenvalue weighted by Gasteiger charge is 2.15. The minimum Gasteiger partial charge on any atom is -0.507 e. The van der Waals surface area contributed by atoms with Gasteiger partial charge in [0.2, 0.25) is 0 Å². The number of nitrogens with one attached hydrogen (secondary N) is 1. The zero-order valence-corrected chi connectivity index (χ0v) is 13.1. The van der Waals surface area contributed by atoms with E-state index in [1.165, 1.54) is 29.3 Å². The molecule has 0 saturated carbocycles. The van der Waals surface area contributed by atoms with Gasteiger partial charge in [-0.2, -0.15) is 0 Å². The van der Waals surface area contributed by atoms with Crippen LogP contribution in [0.4, 0.5) is 0 Å². The third-order valence-electron chi connectivity index (χ3n) is 2.93. The summed E-state index contributed by atoms with van der Waals surface area (Å²) < 4.78 is 1.48. The summed E-state index contributed by atoms with van der Waals surface area (Å²) in [5.41, 5.74) is 0.434. The van der Waals surface area contributed by atoms with E-state index in [1.807, 2.05) is 6.92 Å². The number of ketones is 1. The van der Waals surface area contributed by atoms with E-state index in [9.17, 15) is 14.7 Å². The summed E-state index contributed by atoms with van der Waals surface area (Å²) in [6.07, 6.45) is 0. The molecular weight excluding hydrogens is 314 g/mol. The highest BCUT2D eigenvalue weighted by molar-refractivity contribution is 7.98. The largest absolute Gasteiger partial charge is 0.507 e. The summed E-state index contributed by atoms with van der Waals surface area (Å²) in [5, 5.41) is 17.3. The number of phenols is 1. The molecule has 0 spiro atoms. The molecule has 21 heavy (non-hydrogen) atoms. The Hall–Kier alpha value is -1.73. The van der Waals surface area contributed by atoms with Crippen LogP contribution in [0, 0.1) is 0 Å². The zero-order chi connectivity index (χ0) is 15.6. The number of H-pyrrole nitrogens is 1. The number of nitrogens with zero attached hydrogens (tertiary/aromatic N) is 2. The maximum absolute atomic E-state index is 11.5. The highest BCUT2D eigenvalue weighted by atomic mass is 35.5. The van der Waals surface area contributed by atoms with Crippen molar-refractivity contribution < 1.29 is 9.90 Å². The number of phenolic OH excluding ortho intramolecular Hbond substituents is 1. The van der Waals surface area contributed by atoms with E-state index in [4.69, 9.17) is 11.6 Å². The lowest BCUT2D eigenvalue weighted by Gasteiger charge is -2.09. The number of Topliss-reactive ketones (excluding diaryl/α,β-unsaturated/α-hetero) is 1. The lowest BCUT2D eigenvalue weighted by Crippen LogP contribution is -2.16. The first-order valence-electron chi connectivity index (χ1n) is 6.24. The normalized spacial score (nSPS) is 10.8. The van der Waals surface area contributed by atoms with Crippen molar-refractivity contribution in [2.45, 2.75) is 31.3 Å². The molecule has 0 fully saturated rings. The van der Waals surface area contributed by atoms with E-state index in [0.717, 1.165) is 0 Å². The van der Waals surface area contributed by atoms with Gasteiger partial charge in [0, 0.05) is 22.9 Å². The number of hydrogen-bond donors (Lipinski definition) is 2. The standard InChI is InChI=1S/C13H14ClN3O3S/c1-3-17-12(20)15-16-13(17)21-6-8-4-9(14)5-10(7(2)18)11(8)19/h4-5,19H,3,6H2,1-2H3,(H,15,20). The number of benzene rings is 1. The van der Waals surface area contributed by atoms with Crippen molar-refractivity contribution in [1.29, 1.82) is 0 Å². The molecular formula is C13H14ClN3O3S. The van der Waals surface area contributed by atoms with Crippen molar-refractivity contribution in [3.05, 3.63) is 38.8 Å². The Labute approximate surface area is 130 Å². The molecule has 1 heterocycles. The smallest absolute Gasteiger partial charge is 0.343 e. The van der Waals surface area contributed by atoms with Crippen LogP contribution in [0.5, 0.6) is 5.75 Å². The molecule has 112 valence electrons. The van der Waals surface area contributed by atoms with Gasteiger partial charge in [-0.15, -0.1) is 5.10 Å². The third-order valence-corrected chi connectivity index (χ3v) is 4.17. The summed E-state index contributed by atoms with van der Waals surface area (Å²) in [7, 11) is 0. The van der Waals surface area contributed by atoms with Gasteiger partial charge in [0.1, 0.15) is 5.75 Å². The van der Waals surface area contributed by atoms with Gasteiger partial charge < -0.3 is 5.11 Å². The van der Waals surface area contributed by atoms with Crippen molar-refractivity contribution in [3.63, 3.8) is 0 Å². The Bertz CT molecular complexity index is 739. The maximum atomic E-state index is 11.5. The molecule has 0 saturated heterocycles. The number of hydrogen-bond acceptors (Lipinski definition) is 5. The quantitative estimate of drug-likeness (QED) is 0.650. The Morgan fingerprint density at radius 3 is 2.86 bits per heavy atom. The SMILES string of the molecule is CCn1c(SCc2cc(Cl)cc(C(C)=O)c2O)n[nH]c1=O. The van der Waals surface area contributed by atoms with Gasteiger partial charge >= 0.3 is 5.69 Å². The number of carbonyl (C=O) groups excluding carboxylic acids is 1. The van der Waals surface area contributed by atoms with Gasteiger partial charge in [0.25, 0.3) is 0 Å².